The molecule has 6 aromatic carbocycles. The monoisotopic (exact) mass is 788 g/mol. The zero-order valence-electron chi connectivity index (χ0n) is 34.6. The first-order valence-electron chi connectivity index (χ1n) is 19.4. The first-order chi connectivity index (χ1) is 27.6. The average Bonchev–Trinajstić information content (AvgIpc) is 3.18. The highest BCUT2D eigenvalue weighted by Crippen LogP contribution is 2.45. The van der Waals surface area contributed by atoms with Gasteiger partial charge in [-0.2, -0.15) is 0 Å². The van der Waals surface area contributed by atoms with Gasteiger partial charge < -0.3 is 29.9 Å². The van der Waals surface area contributed by atoms with Gasteiger partial charge in [-0.15, -0.1) is 0 Å². The van der Waals surface area contributed by atoms with Crippen LogP contribution in [-0.2, 0) is 9.47 Å². The SMILES string of the molecule is C1COCCO1.Cc1cc(C)c(O)c(C(c2ccccc2F)c2cc(C)cc(C)c2O)c1.Cc1cc(C)c(O)c(C(c2ccccc2F)c2cc(C)cc(C)c2O)c1. The number of ether oxygens (including phenoxy) is 2. The first-order valence-corrected chi connectivity index (χ1v) is 19.4. The van der Waals surface area contributed by atoms with Gasteiger partial charge in [0.25, 0.3) is 0 Å². The molecule has 0 atom stereocenters. The van der Waals surface area contributed by atoms with E-state index < -0.39 is 11.8 Å². The molecule has 0 aromatic heterocycles. The van der Waals surface area contributed by atoms with E-state index in [1.54, 1.807) is 36.4 Å². The fraction of sp³-hybridized carbons (Fsp3) is 0.280. The number of phenols is 4. The zero-order valence-corrected chi connectivity index (χ0v) is 34.6. The van der Waals surface area contributed by atoms with Crippen molar-refractivity contribution in [2.24, 2.45) is 0 Å². The zero-order chi connectivity index (χ0) is 42.3. The van der Waals surface area contributed by atoms with E-state index >= 15 is 0 Å². The van der Waals surface area contributed by atoms with Crippen molar-refractivity contribution in [1.82, 2.24) is 0 Å². The van der Waals surface area contributed by atoms with Crippen molar-refractivity contribution in [3.8, 4) is 23.0 Å². The van der Waals surface area contributed by atoms with Crippen LogP contribution in [0.4, 0.5) is 8.78 Å². The van der Waals surface area contributed by atoms with E-state index in [1.807, 2.05) is 104 Å². The van der Waals surface area contributed by atoms with Crippen molar-refractivity contribution in [2.45, 2.75) is 67.2 Å². The first kappa shape index (κ1) is 43.4. The van der Waals surface area contributed by atoms with E-state index in [0.717, 1.165) is 70.9 Å². The Kier molecular flexibility index (Phi) is 14.3. The van der Waals surface area contributed by atoms with Crippen LogP contribution in [0.5, 0.6) is 23.0 Å². The molecule has 0 aliphatic carbocycles. The molecule has 0 saturated carbocycles. The van der Waals surface area contributed by atoms with Gasteiger partial charge in [0.05, 0.1) is 26.4 Å². The minimum absolute atomic E-state index is 0.127. The quantitative estimate of drug-likeness (QED) is 0.125. The molecule has 1 fully saturated rings. The second-order valence-electron chi connectivity index (χ2n) is 15.2. The molecule has 6 nitrogen and oxygen atoms in total. The Morgan fingerprint density at radius 3 is 0.845 bits per heavy atom. The van der Waals surface area contributed by atoms with Crippen molar-refractivity contribution < 1.29 is 38.7 Å². The number of benzene rings is 6. The Morgan fingerprint density at radius 1 is 0.379 bits per heavy atom. The molecular formula is C50H54F2O6. The van der Waals surface area contributed by atoms with Crippen LogP contribution < -0.4 is 0 Å². The van der Waals surface area contributed by atoms with E-state index in [-0.39, 0.29) is 34.6 Å². The normalized spacial score (nSPS) is 12.5. The van der Waals surface area contributed by atoms with Crippen LogP contribution in [0.25, 0.3) is 0 Å². The maximum atomic E-state index is 14.7. The Hall–Kier alpha value is -5.70. The number of aromatic hydroxyl groups is 4. The molecule has 1 aliphatic rings. The number of halogens is 2. The molecule has 1 saturated heterocycles. The standard InChI is InChI=1S/2C23H23FO2.C4H8O2/c2*1-13-9-15(3)22(25)18(11-13)21(17-7-5-6-8-20(17)24)19-12-14(2)10-16(4)23(19)26;1-2-6-4-3-5-1/h2*5-12,21,25-26H,1-4H3;1-4H2. The van der Waals surface area contributed by atoms with Gasteiger partial charge in [0.1, 0.15) is 34.6 Å². The minimum Gasteiger partial charge on any atom is -0.507 e. The van der Waals surface area contributed by atoms with Crippen molar-refractivity contribution >= 4 is 0 Å². The summed E-state index contributed by atoms with van der Waals surface area (Å²) < 4.78 is 39.3. The minimum atomic E-state index is -0.603. The summed E-state index contributed by atoms with van der Waals surface area (Å²) >= 11 is 0. The second-order valence-corrected chi connectivity index (χ2v) is 15.2. The molecular weight excluding hydrogens is 735 g/mol. The molecule has 58 heavy (non-hydrogen) atoms. The van der Waals surface area contributed by atoms with Crippen LogP contribution in [0.2, 0.25) is 0 Å². The highest BCUT2D eigenvalue weighted by Gasteiger charge is 2.29. The van der Waals surface area contributed by atoms with Gasteiger partial charge in [-0.3, -0.25) is 0 Å². The summed E-state index contributed by atoms with van der Waals surface area (Å²) in [5.74, 6) is -1.43. The summed E-state index contributed by atoms with van der Waals surface area (Å²) in [5.41, 5.74) is 10.0. The molecule has 7 rings (SSSR count). The largest absolute Gasteiger partial charge is 0.507 e. The molecule has 0 radical (unpaired) electrons. The molecule has 6 aromatic rings. The number of hydrogen-bond donors (Lipinski definition) is 4. The molecule has 1 heterocycles. The maximum absolute atomic E-state index is 14.7. The molecule has 0 spiro atoms. The van der Waals surface area contributed by atoms with Crippen LogP contribution in [0, 0.1) is 67.0 Å². The van der Waals surface area contributed by atoms with E-state index in [9.17, 15) is 29.2 Å². The number of hydrogen-bond acceptors (Lipinski definition) is 6. The number of rotatable bonds is 6. The Bertz CT molecular complexity index is 2100. The second kappa shape index (κ2) is 19.2. The van der Waals surface area contributed by atoms with Crippen LogP contribution in [0.15, 0.2) is 97.1 Å². The van der Waals surface area contributed by atoms with E-state index in [0.29, 0.717) is 33.4 Å². The molecule has 0 unspecified atom stereocenters. The molecule has 304 valence electrons. The lowest BCUT2D eigenvalue weighted by molar-refractivity contribution is -0.0334. The Morgan fingerprint density at radius 2 is 0.621 bits per heavy atom. The molecule has 8 heteroatoms. The van der Waals surface area contributed by atoms with Gasteiger partial charge in [-0.1, -0.05) is 107 Å². The predicted molar refractivity (Wildman–Crippen MR) is 227 cm³/mol. The van der Waals surface area contributed by atoms with E-state index in [1.165, 1.54) is 12.1 Å². The summed E-state index contributed by atoms with van der Waals surface area (Å²) in [5, 5.41) is 42.9. The van der Waals surface area contributed by atoms with E-state index in [4.69, 9.17) is 9.47 Å². The van der Waals surface area contributed by atoms with Crippen molar-refractivity contribution in [1.29, 1.82) is 0 Å². The van der Waals surface area contributed by atoms with Crippen molar-refractivity contribution in [3.63, 3.8) is 0 Å². The number of aryl methyl sites for hydroxylation is 8. The van der Waals surface area contributed by atoms with Crippen LogP contribution in [-0.4, -0.2) is 46.9 Å². The summed E-state index contributed by atoms with van der Waals surface area (Å²) in [6, 6.07) is 28.0. The lowest BCUT2D eigenvalue weighted by atomic mass is 9.81. The summed E-state index contributed by atoms with van der Waals surface area (Å²) in [6.07, 6.45) is 0. The fourth-order valence-electron chi connectivity index (χ4n) is 7.72. The third kappa shape index (κ3) is 10.0. The maximum Gasteiger partial charge on any atom is 0.127 e. The Labute approximate surface area is 341 Å². The van der Waals surface area contributed by atoms with Crippen LogP contribution >= 0.6 is 0 Å². The summed E-state index contributed by atoms with van der Waals surface area (Å²) in [7, 11) is 0. The van der Waals surface area contributed by atoms with Crippen molar-refractivity contribution in [2.75, 3.05) is 26.4 Å². The van der Waals surface area contributed by atoms with Gasteiger partial charge in [-0.25, -0.2) is 8.78 Å². The topological polar surface area (TPSA) is 99.4 Å². The summed E-state index contributed by atoms with van der Waals surface area (Å²) in [4.78, 5) is 0. The van der Waals surface area contributed by atoms with Crippen LogP contribution in [0.1, 0.15) is 89.7 Å². The lowest BCUT2D eigenvalue weighted by Crippen LogP contribution is -2.16. The molecule has 4 N–H and O–H groups in total. The van der Waals surface area contributed by atoms with Gasteiger partial charge >= 0.3 is 0 Å². The van der Waals surface area contributed by atoms with Crippen LogP contribution in [0.3, 0.4) is 0 Å². The van der Waals surface area contributed by atoms with Gasteiger partial charge in [0, 0.05) is 34.1 Å². The third-order valence-electron chi connectivity index (χ3n) is 10.3. The highest BCUT2D eigenvalue weighted by atomic mass is 19.1. The average molecular weight is 789 g/mol. The van der Waals surface area contributed by atoms with Gasteiger partial charge in [0.15, 0.2) is 0 Å². The fourth-order valence-corrected chi connectivity index (χ4v) is 7.72. The van der Waals surface area contributed by atoms with E-state index in [2.05, 4.69) is 0 Å². The number of phenolic OH excluding ortho intramolecular Hbond substituents is 4. The highest BCUT2D eigenvalue weighted by molar-refractivity contribution is 5.59. The lowest BCUT2D eigenvalue weighted by Gasteiger charge is -2.24. The third-order valence-corrected chi connectivity index (χ3v) is 10.3. The summed E-state index contributed by atoms with van der Waals surface area (Å²) in [6.45, 7) is 18.2. The van der Waals surface area contributed by atoms with Crippen molar-refractivity contribution in [3.05, 3.63) is 187 Å². The predicted octanol–water partition coefficient (Wildman–Crippen LogP) is 11.3. The molecule has 0 bridgehead atoms. The molecule has 0 amide bonds. The van der Waals surface area contributed by atoms with Gasteiger partial charge in [0.2, 0.25) is 0 Å². The molecule has 1 aliphatic heterocycles. The Balaban J connectivity index is 0.000000193. The van der Waals surface area contributed by atoms with Gasteiger partial charge in [-0.05, 0) is 101 Å². The smallest absolute Gasteiger partial charge is 0.127 e.